The molecule has 0 aliphatic carbocycles. The van der Waals surface area contributed by atoms with Crippen LogP contribution in [0.3, 0.4) is 0 Å². The Morgan fingerprint density at radius 3 is 1.59 bits per heavy atom. The number of ether oxygens (including phenoxy) is 1. The number of imide groups is 2. The minimum absolute atomic E-state index is 0.128. The molecule has 2 heterocycles. The number of esters is 1. The molecule has 0 bridgehead atoms. The highest BCUT2D eigenvalue weighted by molar-refractivity contribution is 9.09. The third-order valence-electron chi connectivity index (χ3n) is 5.64. The average molecular weight is 499 g/mol. The molecule has 9 heteroatoms. The Balaban J connectivity index is 1.45. The van der Waals surface area contributed by atoms with Gasteiger partial charge in [-0.25, -0.2) is 4.79 Å². The number of rotatable bonds is 7. The molecule has 2 aliphatic rings. The molecule has 0 N–H and O–H groups in total. The number of hydrogen-bond donors (Lipinski definition) is 0. The highest BCUT2D eigenvalue weighted by Gasteiger charge is 2.43. The van der Waals surface area contributed by atoms with Crippen molar-refractivity contribution in [3.05, 3.63) is 70.8 Å². The molecule has 4 rings (SSSR count). The van der Waals surface area contributed by atoms with Crippen LogP contribution in [0.1, 0.15) is 60.7 Å². The smallest absolute Gasteiger partial charge is 0.329 e. The molecule has 2 aromatic carbocycles. The number of carbonyl (C=O) groups excluding carboxylic acids is 5. The topological polar surface area (TPSA) is 101 Å². The lowest BCUT2D eigenvalue weighted by molar-refractivity contribution is -0.145. The quantitative estimate of drug-likeness (QED) is 0.251. The third kappa shape index (κ3) is 3.52. The van der Waals surface area contributed by atoms with Crippen molar-refractivity contribution in [2.45, 2.75) is 30.3 Å². The number of nitrogens with zero attached hydrogens (tertiary/aromatic N) is 2. The number of carbonyl (C=O) groups is 5. The van der Waals surface area contributed by atoms with Crippen LogP contribution >= 0.6 is 15.9 Å². The van der Waals surface area contributed by atoms with E-state index in [0.717, 1.165) is 9.80 Å². The first kappa shape index (κ1) is 21.9. The molecule has 0 saturated carbocycles. The van der Waals surface area contributed by atoms with Gasteiger partial charge in [0, 0.05) is 0 Å². The summed E-state index contributed by atoms with van der Waals surface area (Å²) in [4.78, 5) is 64.7. The van der Waals surface area contributed by atoms with E-state index in [1.54, 1.807) is 48.5 Å². The molecule has 164 valence electrons. The lowest BCUT2D eigenvalue weighted by Crippen LogP contribution is -2.45. The average Bonchev–Trinajstić information content (AvgIpc) is 3.21. The van der Waals surface area contributed by atoms with E-state index in [0.29, 0.717) is 24.0 Å². The summed E-state index contributed by atoms with van der Waals surface area (Å²) < 4.78 is 4.84. The van der Waals surface area contributed by atoms with Gasteiger partial charge < -0.3 is 4.74 Å². The number of halogens is 1. The lowest BCUT2D eigenvalue weighted by Gasteiger charge is -2.25. The molecule has 4 amide bonds. The zero-order valence-electron chi connectivity index (χ0n) is 17.1. The highest BCUT2D eigenvalue weighted by Crippen LogP contribution is 2.30. The monoisotopic (exact) mass is 498 g/mol. The van der Waals surface area contributed by atoms with E-state index in [2.05, 4.69) is 15.9 Å². The van der Waals surface area contributed by atoms with Crippen LogP contribution in [0.25, 0.3) is 0 Å². The van der Waals surface area contributed by atoms with E-state index in [4.69, 9.17) is 4.74 Å². The Morgan fingerprint density at radius 1 is 0.781 bits per heavy atom. The largest absolute Gasteiger partial charge is 0.467 e. The van der Waals surface area contributed by atoms with Gasteiger partial charge in [0.25, 0.3) is 23.6 Å². The summed E-state index contributed by atoms with van der Waals surface area (Å²) in [7, 11) is 1.19. The molecule has 0 aromatic heterocycles. The van der Waals surface area contributed by atoms with Crippen molar-refractivity contribution >= 4 is 45.5 Å². The molecule has 2 atom stereocenters. The lowest BCUT2D eigenvalue weighted by atomic mass is 10.1. The van der Waals surface area contributed by atoms with Crippen LogP contribution < -0.4 is 0 Å². The van der Waals surface area contributed by atoms with Gasteiger partial charge in [-0.3, -0.25) is 29.0 Å². The molecule has 2 aliphatic heterocycles. The summed E-state index contributed by atoms with van der Waals surface area (Å²) in [6, 6.07) is 11.9. The summed E-state index contributed by atoms with van der Waals surface area (Å²) >= 11 is 3.40. The van der Waals surface area contributed by atoms with Gasteiger partial charge in [0.15, 0.2) is 0 Å². The second-order valence-corrected chi connectivity index (χ2v) is 8.51. The summed E-state index contributed by atoms with van der Waals surface area (Å²) in [6.07, 6.45) is 0.794. The summed E-state index contributed by atoms with van der Waals surface area (Å²) in [5.41, 5.74) is 1.19. The maximum Gasteiger partial charge on any atom is 0.329 e. The van der Waals surface area contributed by atoms with Gasteiger partial charge in [0.1, 0.15) is 6.04 Å². The predicted octanol–water partition coefficient (Wildman–Crippen LogP) is 3.01. The molecule has 2 aromatic rings. The number of benzene rings is 2. The first-order chi connectivity index (χ1) is 15.4. The number of methoxy groups -OCH3 is 1. The summed E-state index contributed by atoms with van der Waals surface area (Å²) in [5.74, 6) is -2.57. The van der Waals surface area contributed by atoms with Gasteiger partial charge in [-0.05, 0) is 43.5 Å². The molecule has 0 radical (unpaired) electrons. The fourth-order valence-corrected chi connectivity index (χ4v) is 4.75. The van der Waals surface area contributed by atoms with E-state index in [1.807, 2.05) is 0 Å². The van der Waals surface area contributed by atoms with Crippen LogP contribution in [0.15, 0.2) is 48.5 Å². The molecule has 0 saturated heterocycles. The molecule has 1 unspecified atom stereocenters. The molecular weight excluding hydrogens is 480 g/mol. The summed E-state index contributed by atoms with van der Waals surface area (Å²) in [6.45, 7) is 0. The third-order valence-corrected chi connectivity index (χ3v) is 6.50. The van der Waals surface area contributed by atoms with E-state index in [-0.39, 0.29) is 17.5 Å². The van der Waals surface area contributed by atoms with Crippen molar-refractivity contribution in [1.29, 1.82) is 0 Å². The SMILES string of the molecule is COC(=O)[C@H](CCCC(Br)N1C(=O)c2ccccc2C1=O)N1C(=O)c2ccccc2C1=O. The maximum atomic E-state index is 12.8. The zero-order chi connectivity index (χ0) is 23.0. The van der Waals surface area contributed by atoms with Crippen LogP contribution in [0, 0.1) is 0 Å². The molecule has 32 heavy (non-hydrogen) atoms. The minimum atomic E-state index is -1.10. The van der Waals surface area contributed by atoms with Crippen molar-refractivity contribution < 1.29 is 28.7 Å². The van der Waals surface area contributed by atoms with Gasteiger partial charge in [-0.1, -0.05) is 40.2 Å². The van der Waals surface area contributed by atoms with Gasteiger partial charge in [-0.2, -0.15) is 0 Å². The summed E-state index contributed by atoms with van der Waals surface area (Å²) in [5, 5.41) is 0. The Kier molecular flexibility index (Phi) is 5.92. The molecular formula is C23H19BrN2O6. The van der Waals surface area contributed by atoms with Crippen LogP contribution in [0.2, 0.25) is 0 Å². The van der Waals surface area contributed by atoms with Gasteiger partial charge in [0.05, 0.1) is 34.3 Å². The highest BCUT2D eigenvalue weighted by atomic mass is 79.9. The van der Waals surface area contributed by atoms with E-state index in [1.165, 1.54) is 7.11 Å². The fourth-order valence-electron chi connectivity index (χ4n) is 4.05. The number of amides is 4. The van der Waals surface area contributed by atoms with Crippen molar-refractivity contribution in [3.63, 3.8) is 0 Å². The fraction of sp³-hybridized carbons (Fsp3) is 0.261. The molecule has 0 fully saturated rings. The van der Waals surface area contributed by atoms with E-state index >= 15 is 0 Å². The Bertz CT molecular complexity index is 1080. The number of fused-ring (bicyclic) bond motifs is 2. The first-order valence-electron chi connectivity index (χ1n) is 10.0. The van der Waals surface area contributed by atoms with Crippen LogP contribution in [-0.4, -0.2) is 57.5 Å². The number of alkyl halides is 1. The van der Waals surface area contributed by atoms with Crippen molar-refractivity contribution in [2.24, 2.45) is 0 Å². The van der Waals surface area contributed by atoms with Crippen molar-refractivity contribution in [2.75, 3.05) is 7.11 Å². The Morgan fingerprint density at radius 2 is 1.19 bits per heavy atom. The maximum absolute atomic E-state index is 12.8. The first-order valence-corrected chi connectivity index (χ1v) is 10.9. The van der Waals surface area contributed by atoms with E-state index in [9.17, 15) is 24.0 Å². The Labute approximate surface area is 192 Å². The van der Waals surface area contributed by atoms with Crippen LogP contribution in [-0.2, 0) is 9.53 Å². The normalized spacial score (nSPS) is 16.8. The van der Waals surface area contributed by atoms with Crippen molar-refractivity contribution in [3.8, 4) is 0 Å². The molecule has 0 spiro atoms. The van der Waals surface area contributed by atoms with Gasteiger partial charge in [-0.15, -0.1) is 0 Å². The minimum Gasteiger partial charge on any atom is -0.467 e. The number of hydrogen-bond acceptors (Lipinski definition) is 6. The van der Waals surface area contributed by atoms with E-state index < -0.39 is 40.6 Å². The zero-order valence-corrected chi connectivity index (χ0v) is 18.7. The standard InChI is InChI=1S/C23H19BrN2O6/c1-32-23(31)17(25-19(27)13-7-2-3-8-14(13)20(25)28)11-6-12-18(24)26-21(29)15-9-4-5-10-16(15)22(26)30/h2-5,7-10,17-18H,6,11-12H2,1H3/t17-,18?/m0/s1. The van der Waals surface area contributed by atoms with Crippen molar-refractivity contribution in [1.82, 2.24) is 9.80 Å². The van der Waals surface area contributed by atoms with Gasteiger partial charge >= 0.3 is 5.97 Å². The second-order valence-electron chi connectivity index (χ2n) is 7.46. The van der Waals surface area contributed by atoms with Crippen LogP contribution in [0.5, 0.6) is 0 Å². The second kappa shape index (κ2) is 8.66. The molecule has 8 nitrogen and oxygen atoms in total. The Hall–Kier alpha value is -3.33. The van der Waals surface area contributed by atoms with Gasteiger partial charge in [0.2, 0.25) is 0 Å². The van der Waals surface area contributed by atoms with Crippen LogP contribution in [0.4, 0.5) is 0 Å². The predicted molar refractivity (Wildman–Crippen MR) is 116 cm³/mol.